The highest BCUT2D eigenvalue weighted by Crippen LogP contribution is 2.25. The van der Waals surface area contributed by atoms with E-state index >= 15 is 0 Å². The van der Waals surface area contributed by atoms with Gasteiger partial charge < -0.3 is 9.84 Å². The fourth-order valence-corrected chi connectivity index (χ4v) is 2.96. The van der Waals surface area contributed by atoms with E-state index in [2.05, 4.69) is 34.7 Å². The Morgan fingerprint density at radius 3 is 2.17 bits per heavy atom. The number of hydrogen-bond acceptors (Lipinski definition) is 3. The van der Waals surface area contributed by atoms with Crippen molar-refractivity contribution in [3.63, 3.8) is 0 Å². The molecule has 0 bridgehead atoms. The second-order valence-electron chi connectivity index (χ2n) is 6.59. The molecule has 4 rings (SSSR count). The minimum Gasteiger partial charge on any atom is -0.356 e. The molecule has 1 aromatic heterocycles. The van der Waals surface area contributed by atoms with Gasteiger partial charge >= 0.3 is 0 Å². The van der Waals surface area contributed by atoms with Gasteiger partial charge in [0.2, 0.25) is 5.91 Å². The lowest BCUT2D eigenvalue weighted by Gasteiger charge is -2.02. The van der Waals surface area contributed by atoms with Crippen molar-refractivity contribution in [2.75, 3.05) is 0 Å². The lowest BCUT2D eigenvalue weighted by atomic mass is 10.0. The quantitative estimate of drug-likeness (QED) is 0.460. The topological polar surface area (TPSA) is 55.1 Å². The zero-order valence-corrected chi connectivity index (χ0v) is 15.8. The molecule has 0 fully saturated rings. The van der Waals surface area contributed by atoms with Crippen LogP contribution in [0.2, 0.25) is 0 Å². The summed E-state index contributed by atoms with van der Waals surface area (Å²) >= 11 is 0. The predicted octanol–water partition coefficient (Wildman–Crippen LogP) is 5.34. The fraction of sp³-hybridized carbons (Fsp3) is 0.0400. The first kappa shape index (κ1) is 18.4. The number of carbonyl (C=O) groups excluding carboxylic acids is 1. The highest BCUT2D eigenvalue weighted by atomic mass is 16.5. The summed E-state index contributed by atoms with van der Waals surface area (Å²) in [4.78, 5) is 12.0. The molecule has 29 heavy (non-hydrogen) atoms. The van der Waals surface area contributed by atoms with Crippen LogP contribution in [0.15, 0.2) is 102 Å². The van der Waals surface area contributed by atoms with Crippen LogP contribution in [0.25, 0.3) is 28.5 Å². The predicted molar refractivity (Wildman–Crippen MR) is 115 cm³/mol. The third-order valence-electron chi connectivity index (χ3n) is 4.51. The smallest absolute Gasteiger partial charge is 0.244 e. The molecule has 4 aromatic rings. The van der Waals surface area contributed by atoms with E-state index in [9.17, 15) is 4.79 Å². The molecular formula is C25H20N2O2. The molecule has 3 aromatic carbocycles. The van der Waals surface area contributed by atoms with Crippen molar-refractivity contribution in [1.82, 2.24) is 10.5 Å². The third-order valence-corrected chi connectivity index (χ3v) is 4.51. The van der Waals surface area contributed by atoms with E-state index in [-0.39, 0.29) is 5.91 Å². The van der Waals surface area contributed by atoms with Gasteiger partial charge in [0, 0.05) is 17.7 Å². The third kappa shape index (κ3) is 4.87. The number of nitrogens with one attached hydrogen (secondary N) is 1. The summed E-state index contributed by atoms with van der Waals surface area (Å²) in [7, 11) is 0. The number of carbonyl (C=O) groups is 1. The van der Waals surface area contributed by atoms with Gasteiger partial charge in [0.25, 0.3) is 0 Å². The molecule has 0 unspecified atom stereocenters. The van der Waals surface area contributed by atoms with Crippen molar-refractivity contribution in [3.8, 4) is 22.5 Å². The number of hydrogen-bond donors (Lipinski definition) is 1. The number of amides is 1. The zero-order valence-electron chi connectivity index (χ0n) is 15.8. The van der Waals surface area contributed by atoms with Crippen LogP contribution in [-0.4, -0.2) is 11.1 Å². The minimum atomic E-state index is -0.175. The molecule has 0 aliphatic rings. The van der Waals surface area contributed by atoms with Crippen molar-refractivity contribution in [2.24, 2.45) is 0 Å². The van der Waals surface area contributed by atoms with Crippen LogP contribution in [0.5, 0.6) is 0 Å². The fourth-order valence-electron chi connectivity index (χ4n) is 2.96. The van der Waals surface area contributed by atoms with Gasteiger partial charge in [0.05, 0.1) is 6.54 Å². The average Bonchev–Trinajstić information content (AvgIpc) is 3.27. The van der Waals surface area contributed by atoms with Crippen LogP contribution in [0.4, 0.5) is 0 Å². The summed E-state index contributed by atoms with van der Waals surface area (Å²) in [5.41, 5.74) is 4.91. The Morgan fingerprint density at radius 1 is 0.828 bits per heavy atom. The monoisotopic (exact) mass is 380 g/mol. The van der Waals surface area contributed by atoms with Crippen LogP contribution >= 0.6 is 0 Å². The number of nitrogens with zero attached hydrogens (tertiary/aromatic N) is 1. The normalized spacial score (nSPS) is 10.9. The lowest BCUT2D eigenvalue weighted by Crippen LogP contribution is -2.20. The maximum atomic E-state index is 12.0. The number of aromatic nitrogens is 1. The van der Waals surface area contributed by atoms with Gasteiger partial charge in [-0.1, -0.05) is 90.1 Å². The van der Waals surface area contributed by atoms with Crippen molar-refractivity contribution in [3.05, 3.63) is 108 Å². The summed E-state index contributed by atoms with van der Waals surface area (Å²) in [6.45, 7) is 0.309. The molecule has 0 atom stereocenters. The Hall–Kier alpha value is -3.92. The van der Waals surface area contributed by atoms with E-state index in [0.717, 1.165) is 16.7 Å². The zero-order chi connectivity index (χ0) is 19.9. The molecule has 142 valence electrons. The van der Waals surface area contributed by atoms with E-state index in [4.69, 9.17) is 4.52 Å². The second kappa shape index (κ2) is 8.85. The van der Waals surface area contributed by atoms with Gasteiger partial charge in [-0.15, -0.1) is 0 Å². The molecule has 0 radical (unpaired) electrons. The highest BCUT2D eigenvalue weighted by molar-refractivity contribution is 5.91. The Kier molecular flexibility index (Phi) is 5.63. The first-order chi connectivity index (χ1) is 14.3. The Morgan fingerprint density at radius 2 is 1.45 bits per heavy atom. The number of rotatable bonds is 6. The summed E-state index contributed by atoms with van der Waals surface area (Å²) in [5, 5.41) is 6.87. The van der Waals surface area contributed by atoms with E-state index in [1.165, 1.54) is 11.6 Å². The molecule has 0 saturated heterocycles. The lowest BCUT2D eigenvalue weighted by molar-refractivity contribution is -0.116. The molecule has 0 spiro atoms. The maximum absolute atomic E-state index is 12.0. The Balaban J connectivity index is 1.36. The SMILES string of the molecule is O=C(/C=C\c1ccccc1)NCc1cc(-c2ccc(-c3ccccc3)cc2)on1. The van der Waals surface area contributed by atoms with E-state index in [0.29, 0.717) is 18.0 Å². The van der Waals surface area contributed by atoms with Gasteiger partial charge in [0.1, 0.15) is 5.69 Å². The summed E-state index contributed by atoms with van der Waals surface area (Å²) in [5.74, 6) is 0.499. The average molecular weight is 380 g/mol. The summed E-state index contributed by atoms with van der Waals surface area (Å²) < 4.78 is 5.44. The molecular weight excluding hydrogens is 360 g/mol. The first-order valence-corrected chi connectivity index (χ1v) is 9.40. The molecule has 1 heterocycles. The summed E-state index contributed by atoms with van der Waals surface area (Å²) in [6, 6.07) is 29.9. The Labute approximate surface area is 169 Å². The van der Waals surface area contributed by atoms with Crippen LogP contribution in [0.3, 0.4) is 0 Å². The molecule has 0 aliphatic heterocycles. The molecule has 4 heteroatoms. The van der Waals surface area contributed by atoms with Crippen LogP contribution in [0, 0.1) is 0 Å². The van der Waals surface area contributed by atoms with Gasteiger partial charge in [0.15, 0.2) is 5.76 Å². The largest absolute Gasteiger partial charge is 0.356 e. The van der Waals surface area contributed by atoms with Crippen LogP contribution < -0.4 is 5.32 Å². The van der Waals surface area contributed by atoms with Gasteiger partial charge in [-0.05, 0) is 22.8 Å². The highest BCUT2D eigenvalue weighted by Gasteiger charge is 2.08. The second-order valence-corrected chi connectivity index (χ2v) is 6.59. The Bertz CT molecular complexity index is 1100. The molecule has 1 amide bonds. The van der Waals surface area contributed by atoms with Crippen molar-refractivity contribution < 1.29 is 9.32 Å². The minimum absolute atomic E-state index is 0.175. The van der Waals surface area contributed by atoms with Crippen molar-refractivity contribution in [1.29, 1.82) is 0 Å². The van der Waals surface area contributed by atoms with Gasteiger partial charge in [-0.3, -0.25) is 4.79 Å². The van der Waals surface area contributed by atoms with E-state index in [1.807, 2.05) is 66.7 Å². The van der Waals surface area contributed by atoms with Gasteiger partial charge in [-0.25, -0.2) is 0 Å². The standard InChI is InChI=1S/C25H20N2O2/c28-25(16-11-19-7-3-1-4-8-19)26-18-23-17-24(29-27-23)22-14-12-21(13-15-22)20-9-5-2-6-10-20/h1-17H,18H2,(H,26,28)/b16-11-. The first-order valence-electron chi connectivity index (χ1n) is 9.40. The molecule has 0 aliphatic carbocycles. The van der Waals surface area contributed by atoms with Crippen molar-refractivity contribution in [2.45, 2.75) is 6.54 Å². The summed E-state index contributed by atoms with van der Waals surface area (Å²) in [6.07, 6.45) is 3.29. The molecule has 4 nitrogen and oxygen atoms in total. The van der Waals surface area contributed by atoms with Crippen LogP contribution in [0.1, 0.15) is 11.3 Å². The molecule has 0 saturated carbocycles. The maximum Gasteiger partial charge on any atom is 0.244 e. The van der Waals surface area contributed by atoms with Crippen LogP contribution in [-0.2, 0) is 11.3 Å². The molecule has 1 N–H and O–H groups in total. The van der Waals surface area contributed by atoms with E-state index < -0.39 is 0 Å². The van der Waals surface area contributed by atoms with Crippen molar-refractivity contribution >= 4 is 12.0 Å². The van der Waals surface area contributed by atoms with Gasteiger partial charge in [-0.2, -0.15) is 0 Å². The van der Waals surface area contributed by atoms with E-state index in [1.54, 1.807) is 6.08 Å². The number of benzene rings is 3.